The molecule has 3 heterocycles. The molecule has 12 nitrogen and oxygen atoms in total. The van der Waals surface area contributed by atoms with Crippen molar-refractivity contribution in [2.24, 2.45) is 0 Å². The molecule has 0 unspecified atom stereocenters. The van der Waals surface area contributed by atoms with Gasteiger partial charge in [0.05, 0.1) is 28.3 Å². The van der Waals surface area contributed by atoms with Gasteiger partial charge in [-0.1, -0.05) is 129 Å². The summed E-state index contributed by atoms with van der Waals surface area (Å²) in [6.45, 7) is 10.6. The molecule has 0 aromatic heterocycles. The fourth-order valence-corrected chi connectivity index (χ4v) is 12.3. The van der Waals surface area contributed by atoms with Crippen molar-refractivity contribution in [1.29, 1.82) is 0 Å². The Balaban J connectivity index is 0.868. The molecule has 14 heteroatoms. The predicted octanol–water partition coefficient (Wildman–Crippen LogP) is 11.6. The fourth-order valence-electron chi connectivity index (χ4n) is 11.3. The van der Waals surface area contributed by atoms with Crippen molar-refractivity contribution in [1.82, 2.24) is 5.32 Å². The van der Waals surface area contributed by atoms with Crippen LogP contribution in [0.2, 0.25) is 0 Å². The molecule has 0 saturated carbocycles. The second-order valence-electron chi connectivity index (χ2n) is 20.9. The molecule has 3 aliphatic heterocycles. The van der Waals surface area contributed by atoms with Gasteiger partial charge in [0, 0.05) is 78.0 Å². The number of para-hydroxylation sites is 1. The first-order chi connectivity index (χ1) is 36.8. The lowest BCUT2D eigenvalue weighted by Gasteiger charge is -2.27. The number of unbranched alkanes of at least 4 members (excludes halogenated alkanes) is 3. The second kappa shape index (κ2) is 22.7. The molecule has 9 rings (SSSR count). The van der Waals surface area contributed by atoms with E-state index in [0.29, 0.717) is 50.7 Å². The zero-order valence-electron chi connectivity index (χ0n) is 44.0. The summed E-state index contributed by atoms with van der Waals surface area (Å²) < 4.78 is 68.8. The molecule has 2 amide bonds. The van der Waals surface area contributed by atoms with E-state index >= 15 is 0 Å². The quantitative estimate of drug-likeness (QED) is 0.0235. The van der Waals surface area contributed by atoms with Crippen LogP contribution >= 0.6 is 0 Å². The van der Waals surface area contributed by atoms with Crippen LogP contribution in [0, 0.1) is 11.8 Å². The highest BCUT2D eigenvalue weighted by Gasteiger charge is 2.45. The van der Waals surface area contributed by atoms with Crippen LogP contribution in [0.5, 0.6) is 0 Å². The van der Waals surface area contributed by atoms with E-state index in [1.165, 1.54) is 23.1 Å². The Hall–Kier alpha value is -7.41. The molecule has 0 saturated heterocycles. The topological polar surface area (TPSA) is 164 Å². The Morgan fingerprint density at radius 3 is 2.18 bits per heavy atom. The number of benzene rings is 6. The number of anilines is 2. The van der Waals surface area contributed by atoms with Crippen LogP contribution in [0.15, 0.2) is 168 Å². The van der Waals surface area contributed by atoms with E-state index in [1.54, 1.807) is 11.0 Å². The minimum absolute atomic E-state index is 0.0921. The maximum absolute atomic E-state index is 13.7. The van der Waals surface area contributed by atoms with Crippen molar-refractivity contribution < 1.29 is 40.1 Å². The molecule has 6 aromatic rings. The van der Waals surface area contributed by atoms with Crippen LogP contribution in [-0.2, 0) is 47.2 Å². The molecule has 3 N–H and O–H groups in total. The number of hydrogen-bond acceptors (Lipinski definition) is 7. The largest absolute Gasteiger partial charge is 0.356 e. The molecule has 6 aromatic carbocycles. The van der Waals surface area contributed by atoms with Crippen molar-refractivity contribution in [2.45, 2.75) is 94.9 Å². The van der Waals surface area contributed by atoms with E-state index in [9.17, 15) is 35.5 Å². The van der Waals surface area contributed by atoms with Crippen molar-refractivity contribution in [3.05, 3.63) is 191 Å². The molecule has 0 atom stereocenters. The van der Waals surface area contributed by atoms with E-state index in [4.69, 9.17) is 0 Å². The van der Waals surface area contributed by atoms with Gasteiger partial charge in [0.15, 0.2) is 5.71 Å². The normalized spacial score (nSPS) is 16.2. The van der Waals surface area contributed by atoms with Gasteiger partial charge in [0.25, 0.3) is 20.2 Å². The van der Waals surface area contributed by atoms with E-state index in [2.05, 4.69) is 90.7 Å². The van der Waals surface area contributed by atoms with Gasteiger partial charge in [-0.05, 0) is 114 Å². The van der Waals surface area contributed by atoms with Crippen LogP contribution in [0.25, 0.3) is 21.5 Å². The summed E-state index contributed by atoms with van der Waals surface area (Å²) in [4.78, 5) is 30.7. The number of rotatable bonds is 19. The van der Waals surface area contributed by atoms with Crippen molar-refractivity contribution >= 4 is 76.4 Å². The van der Waals surface area contributed by atoms with Gasteiger partial charge in [-0.25, -0.2) is 0 Å². The summed E-state index contributed by atoms with van der Waals surface area (Å²) in [5, 5.41) is 6.89. The average molecular weight is 1070 g/mol. The van der Waals surface area contributed by atoms with Crippen LogP contribution in [0.1, 0.15) is 100 Å². The molecule has 0 fully saturated rings. The monoisotopic (exact) mass is 1070 g/mol. The van der Waals surface area contributed by atoms with Gasteiger partial charge in [-0.15, -0.1) is 0 Å². The Kier molecular flexibility index (Phi) is 16.0. The Labute approximate surface area is 452 Å². The number of nitrogens with zero attached hydrogens (tertiary/aromatic N) is 3. The third-order valence-corrected chi connectivity index (χ3v) is 16.6. The molecular formula is C63H65N4O8S2+. The lowest BCUT2D eigenvalue weighted by atomic mass is 9.79. The third-order valence-electron chi connectivity index (χ3n) is 15.0. The number of carbonyl (C=O) groups is 2. The molecule has 77 heavy (non-hydrogen) atoms. The number of allylic oxidation sites excluding steroid dienone is 8. The minimum atomic E-state index is -4.40. The Morgan fingerprint density at radius 1 is 0.675 bits per heavy atom. The second-order valence-corrected chi connectivity index (χ2v) is 23.9. The van der Waals surface area contributed by atoms with Crippen molar-refractivity contribution in [3.63, 3.8) is 0 Å². The standard InChI is InChI=1S/C63H64N4O8S2/c1-62(2)56(66(41-19-20-42-76(70,71)72)54-36-32-46-22-14-16-25-51(46)60(54)62)27-9-6-5-7-10-28-57-63(3,4)61-52-35-34-50(77(73,74)75)43-48(52)33-37-55(61)65(57)40-18-8-11-29-58(68)64-39-38-59(69)67-44-49-24-13-12-21-45(49)30-31-47-23-15-17-26-53(47)67/h5-7,9-10,12-17,21-28,32-37,43H,8,11,18-20,29,38-42,44H2,1-4H3,(H2-,64,68,70,71,72,73,74,75)/p+1. The van der Waals surface area contributed by atoms with Crippen molar-refractivity contribution in [3.8, 4) is 11.8 Å². The highest BCUT2D eigenvalue weighted by atomic mass is 32.2. The number of nitrogens with one attached hydrogen (secondary N) is 1. The summed E-state index contributed by atoms with van der Waals surface area (Å²) in [6, 6.07) is 36.7. The minimum Gasteiger partial charge on any atom is -0.356 e. The summed E-state index contributed by atoms with van der Waals surface area (Å²) in [6.07, 6.45) is 17.9. The summed E-state index contributed by atoms with van der Waals surface area (Å²) in [5.41, 5.74) is 9.05. The molecule has 396 valence electrons. The van der Waals surface area contributed by atoms with E-state index in [-0.39, 0.29) is 40.8 Å². The van der Waals surface area contributed by atoms with Gasteiger partial charge >= 0.3 is 0 Å². The highest BCUT2D eigenvalue weighted by Crippen LogP contribution is 2.51. The molecule has 0 aliphatic carbocycles. The first-order valence-corrected chi connectivity index (χ1v) is 29.3. The van der Waals surface area contributed by atoms with Gasteiger partial charge in [0.1, 0.15) is 6.54 Å². The summed E-state index contributed by atoms with van der Waals surface area (Å²) in [5.74, 6) is 6.00. The lowest BCUT2D eigenvalue weighted by Crippen LogP contribution is -2.35. The maximum Gasteiger partial charge on any atom is 0.294 e. The van der Waals surface area contributed by atoms with Crippen molar-refractivity contribution in [2.75, 3.05) is 35.2 Å². The molecule has 0 spiro atoms. The first-order valence-electron chi connectivity index (χ1n) is 26.3. The SMILES string of the molecule is CC1(C)C(=CC=CC=CC=CC2=[N+](CCCCS(=O)(=O)O)c3ccc4ccccc4c3C2(C)C)N(CCCCCC(=O)NCCC(=O)N2Cc3ccccc3C#Cc3ccccc32)c2ccc3cc(S(=O)(=O)O)ccc3c21. The molecule has 0 bridgehead atoms. The number of carbonyl (C=O) groups excluding carboxylic acids is 2. The number of fused-ring (bicyclic) bond motifs is 8. The van der Waals surface area contributed by atoms with Crippen LogP contribution in [0.3, 0.4) is 0 Å². The van der Waals surface area contributed by atoms with E-state index in [0.717, 1.165) is 74.3 Å². The highest BCUT2D eigenvalue weighted by molar-refractivity contribution is 7.86. The van der Waals surface area contributed by atoms with Crippen LogP contribution in [0.4, 0.5) is 17.1 Å². The molecular weight excluding hydrogens is 1000 g/mol. The van der Waals surface area contributed by atoms with Gasteiger partial charge in [-0.3, -0.25) is 18.7 Å². The predicted molar refractivity (Wildman–Crippen MR) is 308 cm³/mol. The van der Waals surface area contributed by atoms with Gasteiger partial charge < -0.3 is 15.1 Å². The smallest absolute Gasteiger partial charge is 0.294 e. The van der Waals surface area contributed by atoms with Crippen LogP contribution < -0.4 is 15.1 Å². The fraction of sp³-hybridized carbons (Fsp3) is 0.286. The zero-order valence-corrected chi connectivity index (χ0v) is 45.6. The van der Waals surface area contributed by atoms with Gasteiger partial charge in [0.2, 0.25) is 17.5 Å². The van der Waals surface area contributed by atoms with Gasteiger partial charge in [-0.2, -0.15) is 21.4 Å². The lowest BCUT2D eigenvalue weighted by molar-refractivity contribution is -0.438. The average Bonchev–Trinajstić information content (AvgIpc) is 3.86. The molecule has 0 radical (unpaired) electrons. The summed E-state index contributed by atoms with van der Waals surface area (Å²) >= 11 is 0. The number of amides is 2. The maximum atomic E-state index is 13.7. The summed E-state index contributed by atoms with van der Waals surface area (Å²) in [7, 11) is -8.46. The zero-order chi connectivity index (χ0) is 54.5. The van der Waals surface area contributed by atoms with E-state index in [1.807, 2.05) is 103 Å². The number of hydrogen-bond donors (Lipinski definition) is 3. The first kappa shape index (κ1) is 54.4. The third kappa shape index (κ3) is 11.9. The Bertz CT molecular complexity index is 3760. The van der Waals surface area contributed by atoms with E-state index < -0.39 is 25.7 Å². The molecule has 3 aliphatic rings. The van der Waals surface area contributed by atoms with Crippen LogP contribution in [-0.4, -0.2) is 73.4 Å². The Morgan fingerprint density at radius 2 is 1.38 bits per heavy atom.